The molecule has 1 aromatic rings. The Balaban J connectivity index is 2.39. The number of aromatic nitrogens is 2. The second kappa shape index (κ2) is 5.78. The van der Waals surface area contributed by atoms with Gasteiger partial charge in [-0.2, -0.15) is 0 Å². The molecule has 1 N–H and O–H groups in total. The van der Waals surface area contributed by atoms with Crippen molar-refractivity contribution in [1.82, 2.24) is 10.2 Å². The number of anilines is 1. The molecule has 14 heavy (non-hydrogen) atoms. The van der Waals surface area contributed by atoms with E-state index in [9.17, 15) is 0 Å². The average molecular weight is 216 g/mol. The van der Waals surface area contributed by atoms with Gasteiger partial charge in [-0.15, -0.1) is 10.2 Å². The molecule has 5 heteroatoms. The largest absolute Gasteiger partial charge is 0.385 e. The van der Waals surface area contributed by atoms with Crippen LogP contribution in [-0.4, -0.2) is 30.0 Å². The van der Waals surface area contributed by atoms with E-state index in [1.807, 2.05) is 0 Å². The fourth-order valence-electron chi connectivity index (χ4n) is 1.01. The van der Waals surface area contributed by atoms with Crippen molar-refractivity contribution in [3.63, 3.8) is 0 Å². The van der Waals surface area contributed by atoms with Crippen LogP contribution in [0, 0.1) is 0 Å². The molecule has 1 aromatic heterocycles. The Morgan fingerprint density at radius 2 is 2.29 bits per heavy atom. The lowest BCUT2D eigenvalue weighted by molar-refractivity contribution is 0.191. The lowest BCUT2D eigenvalue weighted by Gasteiger charge is -2.12. The first kappa shape index (κ1) is 11.2. The summed E-state index contributed by atoms with van der Waals surface area (Å²) in [4.78, 5) is 0. The van der Waals surface area contributed by atoms with Crippen LogP contribution in [0.3, 0.4) is 0 Å². The van der Waals surface area contributed by atoms with E-state index in [0.717, 1.165) is 18.8 Å². The highest BCUT2D eigenvalue weighted by Gasteiger charge is 2.02. The van der Waals surface area contributed by atoms with E-state index in [4.69, 9.17) is 16.3 Å². The van der Waals surface area contributed by atoms with E-state index in [0.29, 0.717) is 11.2 Å². The summed E-state index contributed by atoms with van der Waals surface area (Å²) in [7, 11) is 1.69. The van der Waals surface area contributed by atoms with Crippen LogP contribution >= 0.6 is 11.6 Å². The molecule has 0 fully saturated rings. The van der Waals surface area contributed by atoms with E-state index < -0.39 is 0 Å². The van der Waals surface area contributed by atoms with E-state index in [1.54, 1.807) is 19.2 Å². The fraction of sp³-hybridized carbons (Fsp3) is 0.556. The molecule has 1 unspecified atom stereocenters. The predicted octanol–water partition coefficient (Wildman–Crippen LogP) is 1.97. The molecule has 0 spiro atoms. The first-order valence-corrected chi connectivity index (χ1v) is 4.85. The van der Waals surface area contributed by atoms with Crippen LogP contribution in [0.25, 0.3) is 0 Å². The third kappa shape index (κ3) is 3.89. The maximum absolute atomic E-state index is 5.61. The highest BCUT2D eigenvalue weighted by atomic mass is 35.5. The second-order valence-corrected chi connectivity index (χ2v) is 3.46. The molecule has 0 amide bonds. The fourth-order valence-corrected chi connectivity index (χ4v) is 1.11. The maximum Gasteiger partial charge on any atom is 0.151 e. The number of methoxy groups -OCH3 is 1. The molecule has 0 aliphatic heterocycles. The summed E-state index contributed by atoms with van der Waals surface area (Å²) in [6.45, 7) is 2.80. The van der Waals surface area contributed by atoms with Gasteiger partial charge in [0.1, 0.15) is 5.82 Å². The van der Waals surface area contributed by atoms with Gasteiger partial charge in [0.2, 0.25) is 0 Å². The predicted molar refractivity (Wildman–Crippen MR) is 56.6 cm³/mol. The van der Waals surface area contributed by atoms with Crippen molar-refractivity contribution in [2.24, 2.45) is 0 Å². The van der Waals surface area contributed by atoms with E-state index in [2.05, 4.69) is 22.4 Å². The molecule has 1 atom stereocenters. The van der Waals surface area contributed by atoms with Crippen molar-refractivity contribution in [3.8, 4) is 0 Å². The molecule has 0 aliphatic rings. The van der Waals surface area contributed by atoms with Crippen LogP contribution in [0.5, 0.6) is 0 Å². The van der Waals surface area contributed by atoms with Gasteiger partial charge in [0.05, 0.1) is 0 Å². The number of hydrogen-bond donors (Lipinski definition) is 1. The highest BCUT2D eigenvalue weighted by molar-refractivity contribution is 6.29. The second-order valence-electron chi connectivity index (χ2n) is 3.07. The van der Waals surface area contributed by atoms with Gasteiger partial charge < -0.3 is 10.1 Å². The monoisotopic (exact) mass is 215 g/mol. The Hall–Kier alpha value is -0.870. The molecular weight excluding hydrogens is 202 g/mol. The van der Waals surface area contributed by atoms with Crippen LogP contribution in [0.4, 0.5) is 5.82 Å². The molecular formula is C9H14ClN3O. The first-order chi connectivity index (χ1) is 6.72. The molecule has 78 valence electrons. The van der Waals surface area contributed by atoms with Gasteiger partial charge in [0.15, 0.2) is 5.15 Å². The van der Waals surface area contributed by atoms with Gasteiger partial charge in [-0.1, -0.05) is 11.6 Å². The number of rotatable bonds is 5. The van der Waals surface area contributed by atoms with E-state index in [1.165, 1.54) is 0 Å². The molecule has 0 aromatic carbocycles. The lowest BCUT2D eigenvalue weighted by atomic mass is 10.2. The van der Waals surface area contributed by atoms with Crippen LogP contribution in [-0.2, 0) is 4.74 Å². The van der Waals surface area contributed by atoms with Gasteiger partial charge in [-0.25, -0.2) is 0 Å². The summed E-state index contributed by atoms with van der Waals surface area (Å²) in [6, 6.07) is 3.82. The van der Waals surface area contributed by atoms with Crippen molar-refractivity contribution >= 4 is 17.4 Å². The van der Waals surface area contributed by atoms with Crippen LogP contribution in [0.1, 0.15) is 13.3 Å². The molecule has 1 heterocycles. The van der Waals surface area contributed by atoms with Gasteiger partial charge in [-0.3, -0.25) is 0 Å². The van der Waals surface area contributed by atoms with Crippen molar-refractivity contribution in [3.05, 3.63) is 17.3 Å². The van der Waals surface area contributed by atoms with Crippen LogP contribution in [0.15, 0.2) is 12.1 Å². The summed E-state index contributed by atoms with van der Waals surface area (Å²) in [6.07, 6.45) is 0.931. The SMILES string of the molecule is COCCC(C)Nc1ccc(Cl)nn1. The minimum absolute atomic E-state index is 0.311. The zero-order chi connectivity index (χ0) is 10.4. The van der Waals surface area contributed by atoms with Crippen molar-refractivity contribution in [2.45, 2.75) is 19.4 Å². The van der Waals surface area contributed by atoms with Gasteiger partial charge >= 0.3 is 0 Å². The minimum atomic E-state index is 0.311. The normalized spacial score (nSPS) is 12.5. The molecule has 0 aliphatic carbocycles. The van der Waals surface area contributed by atoms with Gasteiger partial charge in [0.25, 0.3) is 0 Å². The third-order valence-corrected chi connectivity index (χ3v) is 1.98. The Bertz CT molecular complexity index is 265. The zero-order valence-electron chi connectivity index (χ0n) is 8.33. The topological polar surface area (TPSA) is 47.0 Å². The van der Waals surface area contributed by atoms with E-state index >= 15 is 0 Å². The maximum atomic E-state index is 5.61. The average Bonchev–Trinajstić information content (AvgIpc) is 2.18. The summed E-state index contributed by atoms with van der Waals surface area (Å²) in [5.74, 6) is 0.734. The summed E-state index contributed by atoms with van der Waals surface area (Å²) < 4.78 is 4.97. The number of nitrogens with zero attached hydrogens (tertiary/aromatic N) is 2. The highest BCUT2D eigenvalue weighted by Crippen LogP contribution is 2.08. The Morgan fingerprint density at radius 1 is 1.50 bits per heavy atom. The molecule has 4 nitrogen and oxygen atoms in total. The molecule has 0 radical (unpaired) electrons. The van der Waals surface area contributed by atoms with Crippen LogP contribution < -0.4 is 5.32 Å². The zero-order valence-corrected chi connectivity index (χ0v) is 9.08. The van der Waals surface area contributed by atoms with Gasteiger partial charge in [-0.05, 0) is 25.5 Å². The van der Waals surface area contributed by atoms with E-state index in [-0.39, 0.29) is 0 Å². The Labute approximate surface area is 88.6 Å². The summed E-state index contributed by atoms with van der Waals surface area (Å²) >= 11 is 5.61. The number of ether oxygens (including phenoxy) is 1. The summed E-state index contributed by atoms with van der Waals surface area (Å²) in [5.41, 5.74) is 0. The molecule has 0 saturated carbocycles. The molecule has 1 rings (SSSR count). The molecule has 0 saturated heterocycles. The van der Waals surface area contributed by atoms with Crippen molar-refractivity contribution in [2.75, 3.05) is 19.0 Å². The Kier molecular flexibility index (Phi) is 4.62. The number of nitrogens with one attached hydrogen (secondary N) is 1. The van der Waals surface area contributed by atoms with Crippen LogP contribution in [0.2, 0.25) is 5.15 Å². The standard InChI is InChI=1S/C9H14ClN3O/c1-7(5-6-14-2)11-9-4-3-8(10)12-13-9/h3-4,7H,5-6H2,1-2H3,(H,11,13). The first-order valence-electron chi connectivity index (χ1n) is 4.47. The third-order valence-electron chi connectivity index (χ3n) is 1.78. The number of halogens is 1. The smallest absolute Gasteiger partial charge is 0.151 e. The quantitative estimate of drug-likeness (QED) is 0.816. The number of hydrogen-bond acceptors (Lipinski definition) is 4. The lowest BCUT2D eigenvalue weighted by Crippen LogP contribution is -2.18. The van der Waals surface area contributed by atoms with Crippen molar-refractivity contribution < 1.29 is 4.74 Å². The summed E-state index contributed by atoms with van der Waals surface area (Å²) in [5, 5.41) is 11.2. The minimum Gasteiger partial charge on any atom is -0.385 e. The Morgan fingerprint density at radius 3 is 2.86 bits per heavy atom. The van der Waals surface area contributed by atoms with Crippen molar-refractivity contribution in [1.29, 1.82) is 0 Å². The van der Waals surface area contributed by atoms with Gasteiger partial charge in [0, 0.05) is 19.8 Å². The molecule has 0 bridgehead atoms.